The Labute approximate surface area is 103 Å². The molecule has 3 N–H and O–H groups in total. The van der Waals surface area contributed by atoms with E-state index in [4.69, 9.17) is 5.73 Å². The van der Waals surface area contributed by atoms with Gasteiger partial charge in [0.1, 0.15) is 0 Å². The second-order valence-corrected chi connectivity index (χ2v) is 4.34. The van der Waals surface area contributed by atoms with Crippen LogP contribution in [0.1, 0.15) is 6.92 Å². The molecule has 0 atom stereocenters. The van der Waals surface area contributed by atoms with Gasteiger partial charge in [0.15, 0.2) is 5.17 Å². The molecule has 7 nitrogen and oxygen atoms in total. The minimum absolute atomic E-state index is 0.0290. The summed E-state index contributed by atoms with van der Waals surface area (Å²) < 4.78 is 0. The van der Waals surface area contributed by atoms with Crippen LogP contribution >= 0.6 is 11.8 Å². The molecule has 0 aromatic carbocycles. The maximum atomic E-state index is 11.6. The maximum absolute atomic E-state index is 11.6. The van der Waals surface area contributed by atoms with E-state index in [1.807, 2.05) is 0 Å². The van der Waals surface area contributed by atoms with E-state index in [0.717, 1.165) is 10.7 Å². The van der Waals surface area contributed by atoms with Crippen molar-refractivity contribution in [2.75, 3.05) is 25.4 Å². The largest absolute Gasteiger partial charge is 0.329 e. The molecule has 0 aromatic heterocycles. The third-order valence-corrected chi connectivity index (χ3v) is 2.87. The van der Waals surface area contributed by atoms with E-state index in [1.54, 1.807) is 0 Å². The molecule has 1 rings (SSSR count). The van der Waals surface area contributed by atoms with Crippen molar-refractivity contribution in [3.8, 4) is 0 Å². The smallest absolute Gasteiger partial charge is 0.318 e. The van der Waals surface area contributed by atoms with Crippen molar-refractivity contribution < 1.29 is 14.4 Å². The minimum Gasteiger partial charge on any atom is -0.329 e. The van der Waals surface area contributed by atoms with Gasteiger partial charge in [0, 0.05) is 25.8 Å². The SMILES string of the molecule is CC(=O)N(CCN)C(=O)C(=O)NC1=NCCS1. The number of imide groups is 1. The van der Waals surface area contributed by atoms with Crippen LogP contribution in [0.5, 0.6) is 0 Å². The number of nitrogens with two attached hydrogens (primary N) is 1. The number of amides is 3. The third kappa shape index (κ3) is 3.82. The van der Waals surface area contributed by atoms with E-state index in [-0.39, 0.29) is 13.1 Å². The number of carbonyl (C=O) groups is 3. The van der Waals surface area contributed by atoms with E-state index in [0.29, 0.717) is 11.7 Å². The summed E-state index contributed by atoms with van der Waals surface area (Å²) in [5.74, 6) is -1.49. The molecule has 0 saturated heterocycles. The first-order valence-corrected chi connectivity index (χ1v) is 6.05. The van der Waals surface area contributed by atoms with Crippen molar-refractivity contribution in [2.24, 2.45) is 10.7 Å². The van der Waals surface area contributed by atoms with E-state index in [2.05, 4.69) is 10.3 Å². The number of rotatable bonds is 2. The number of hydrogen-bond donors (Lipinski definition) is 2. The van der Waals surface area contributed by atoms with E-state index >= 15 is 0 Å². The van der Waals surface area contributed by atoms with Crippen molar-refractivity contribution in [3.63, 3.8) is 0 Å². The highest BCUT2D eigenvalue weighted by Crippen LogP contribution is 2.08. The molecule has 0 saturated carbocycles. The molecule has 0 unspecified atom stereocenters. The summed E-state index contributed by atoms with van der Waals surface area (Å²) in [5.41, 5.74) is 5.26. The number of hydrogen-bond acceptors (Lipinski definition) is 6. The van der Waals surface area contributed by atoms with Gasteiger partial charge < -0.3 is 5.73 Å². The van der Waals surface area contributed by atoms with Gasteiger partial charge in [0.25, 0.3) is 0 Å². The fraction of sp³-hybridized carbons (Fsp3) is 0.556. The molecule has 17 heavy (non-hydrogen) atoms. The maximum Gasteiger partial charge on any atom is 0.318 e. The Morgan fingerprint density at radius 1 is 1.53 bits per heavy atom. The average Bonchev–Trinajstić information content (AvgIpc) is 2.77. The summed E-state index contributed by atoms with van der Waals surface area (Å²) in [6, 6.07) is 0. The van der Waals surface area contributed by atoms with Gasteiger partial charge in [-0.15, -0.1) is 0 Å². The topological polar surface area (TPSA) is 105 Å². The van der Waals surface area contributed by atoms with E-state index in [1.165, 1.54) is 18.7 Å². The number of carbonyl (C=O) groups excluding carboxylic acids is 3. The lowest BCUT2D eigenvalue weighted by atomic mass is 10.4. The predicted octanol–water partition coefficient (Wildman–Crippen LogP) is -1.46. The number of amidine groups is 1. The molecule has 0 bridgehead atoms. The lowest BCUT2D eigenvalue weighted by Crippen LogP contribution is -2.47. The lowest BCUT2D eigenvalue weighted by Gasteiger charge is -2.17. The van der Waals surface area contributed by atoms with Crippen LogP contribution in [0.15, 0.2) is 4.99 Å². The summed E-state index contributed by atoms with van der Waals surface area (Å²) in [5, 5.41) is 2.78. The second kappa shape index (κ2) is 6.36. The van der Waals surface area contributed by atoms with Gasteiger partial charge in [-0.05, 0) is 0 Å². The van der Waals surface area contributed by atoms with Crippen LogP contribution in [0.4, 0.5) is 0 Å². The summed E-state index contributed by atoms with van der Waals surface area (Å²) >= 11 is 1.36. The van der Waals surface area contributed by atoms with E-state index in [9.17, 15) is 14.4 Å². The number of aliphatic imine (C=N–C) groups is 1. The van der Waals surface area contributed by atoms with Gasteiger partial charge in [-0.2, -0.15) is 0 Å². The summed E-state index contributed by atoms with van der Waals surface area (Å²) in [7, 11) is 0. The molecular formula is C9H14N4O3S. The van der Waals surface area contributed by atoms with Crippen LogP contribution in [-0.2, 0) is 14.4 Å². The van der Waals surface area contributed by atoms with Gasteiger partial charge in [-0.3, -0.25) is 29.6 Å². The van der Waals surface area contributed by atoms with Gasteiger partial charge in [-0.25, -0.2) is 0 Å². The van der Waals surface area contributed by atoms with Crippen LogP contribution in [0, 0.1) is 0 Å². The first kappa shape index (κ1) is 13.7. The minimum atomic E-state index is -0.904. The molecule has 0 aliphatic carbocycles. The van der Waals surface area contributed by atoms with Crippen LogP contribution in [0.2, 0.25) is 0 Å². The molecule has 8 heteroatoms. The fourth-order valence-corrected chi connectivity index (χ4v) is 1.94. The van der Waals surface area contributed by atoms with Gasteiger partial charge in [0.2, 0.25) is 5.91 Å². The fourth-order valence-electron chi connectivity index (χ4n) is 1.22. The van der Waals surface area contributed by atoms with Crippen LogP contribution in [0.25, 0.3) is 0 Å². The second-order valence-electron chi connectivity index (χ2n) is 3.25. The standard InChI is InChI=1S/C9H14N4O3S/c1-6(14)13(4-2-10)8(16)7(15)12-9-11-3-5-17-9/h2-5,10H2,1H3,(H,11,12,15). The first-order valence-electron chi connectivity index (χ1n) is 5.07. The highest BCUT2D eigenvalue weighted by atomic mass is 32.2. The van der Waals surface area contributed by atoms with Crippen LogP contribution in [0.3, 0.4) is 0 Å². The average molecular weight is 258 g/mol. The Morgan fingerprint density at radius 2 is 2.24 bits per heavy atom. The zero-order valence-corrected chi connectivity index (χ0v) is 10.2. The number of thioether (sulfide) groups is 1. The van der Waals surface area contributed by atoms with Crippen molar-refractivity contribution in [1.29, 1.82) is 0 Å². The molecule has 3 amide bonds. The molecule has 1 aliphatic heterocycles. The Hall–Kier alpha value is -1.41. The lowest BCUT2D eigenvalue weighted by molar-refractivity contribution is -0.151. The third-order valence-electron chi connectivity index (χ3n) is 1.98. The van der Waals surface area contributed by atoms with Crippen molar-refractivity contribution in [2.45, 2.75) is 6.92 Å². The van der Waals surface area contributed by atoms with Crippen molar-refractivity contribution in [1.82, 2.24) is 10.2 Å². The molecule has 94 valence electrons. The highest BCUT2D eigenvalue weighted by molar-refractivity contribution is 8.14. The predicted molar refractivity (Wildman–Crippen MR) is 64.4 cm³/mol. The number of nitrogens with one attached hydrogen (secondary N) is 1. The molecule has 0 fully saturated rings. The summed E-state index contributed by atoms with van der Waals surface area (Å²) in [6.07, 6.45) is 0. The molecule has 0 radical (unpaired) electrons. The quantitative estimate of drug-likeness (QED) is 0.589. The highest BCUT2D eigenvalue weighted by Gasteiger charge is 2.25. The van der Waals surface area contributed by atoms with Crippen molar-refractivity contribution >= 4 is 34.7 Å². The molecule has 1 aliphatic rings. The number of nitrogens with zero attached hydrogens (tertiary/aromatic N) is 2. The molecular weight excluding hydrogens is 244 g/mol. The molecule has 1 heterocycles. The summed E-state index contributed by atoms with van der Waals surface area (Å²) in [4.78, 5) is 39.1. The van der Waals surface area contributed by atoms with Gasteiger partial charge in [0.05, 0.1) is 6.54 Å². The molecule has 0 aromatic rings. The Bertz CT molecular complexity index is 369. The van der Waals surface area contributed by atoms with Crippen molar-refractivity contribution in [3.05, 3.63) is 0 Å². The zero-order valence-electron chi connectivity index (χ0n) is 9.43. The monoisotopic (exact) mass is 258 g/mol. The Balaban J connectivity index is 2.60. The Kier molecular flexibility index (Phi) is 5.11. The Morgan fingerprint density at radius 3 is 2.71 bits per heavy atom. The van der Waals surface area contributed by atoms with Crippen LogP contribution in [-0.4, -0.2) is 53.2 Å². The zero-order chi connectivity index (χ0) is 12.8. The molecule has 0 spiro atoms. The summed E-state index contributed by atoms with van der Waals surface area (Å²) in [6.45, 7) is 1.98. The van der Waals surface area contributed by atoms with Crippen LogP contribution < -0.4 is 11.1 Å². The van der Waals surface area contributed by atoms with E-state index < -0.39 is 17.7 Å². The van der Waals surface area contributed by atoms with Gasteiger partial charge >= 0.3 is 11.8 Å². The normalized spacial score (nSPS) is 14.1. The van der Waals surface area contributed by atoms with Gasteiger partial charge in [-0.1, -0.05) is 11.8 Å². The first-order chi connectivity index (χ1) is 8.06.